The summed E-state index contributed by atoms with van der Waals surface area (Å²) in [5, 5.41) is 0. The van der Waals surface area contributed by atoms with Crippen molar-refractivity contribution in [2.45, 2.75) is 38.5 Å². The van der Waals surface area contributed by atoms with Crippen LogP contribution in [0.25, 0.3) is 0 Å². The lowest BCUT2D eigenvalue weighted by molar-refractivity contribution is -0.118. The summed E-state index contributed by atoms with van der Waals surface area (Å²) in [6.07, 6.45) is 3.86. The van der Waals surface area contributed by atoms with Gasteiger partial charge in [-0.3, -0.25) is 4.79 Å². The molecule has 0 N–H and O–H groups in total. The highest BCUT2D eigenvalue weighted by molar-refractivity contribution is 5.96. The summed E-state index contributed by atoms with van der Waals surface area (Å²) in [5.41, 5.74) is 6.49. The zero-order chi connectivity index (χ0) is 15.1. The van der Waals surface area contributed by atoms with Crippen LogP contribution in [0.3, 0.4) is 0 Å². The van der Waals surface area contributed by atoms with Gasteiger partial charge in [-0.2, -0.15) is 0 Å². The van der Waals surface area contributed by atoms with Gasteiger partial charge in [-0.15, -0.1) is 0 Å². The minimum atomic E-state index is 0.283. The molecule has 22 heavy (non-hydrogen) atoms. The molecule has 4 rings (SSSR count). The van der Waals surface area contributed by atoms with Crippen molar-refractivity contribution in [3.8, 4) is 0 Å². The van der Waals surface area contributed by atoms with E-state index in [1.807, 2.05) is 4.90 Å². The second-order valence-electron chi connectivity index (χ2n) is 6.57. The van der Waals surface area contributed by atoms with Crippen molar-refractivity contribution < 1.29 is 4.79 Å². The van der Waals surface area contributed by atoms with Crippen LogP contribution in [0, 0.1) is 6.92 Å². The molecule has 1 aliphatic carbocycles. The normalized spacial score (nSPS) is 19.1. The number of carbonyl (C=O) groups excluding carboxylic acids is 1. The lowest BCUT2D eigenvalue weighted by Gasteiger charge is -2.20. The molecule has 0 aromatic heterocycles. The van der Waals surface area contributed by atoms with Crippen LogP contribution in [0.2, 0.25) is 0 Å². The molecule has 0 fully saturated rings. The fourth-order valence-corrected chi connectivity index (χ4v) is 3.93. The molecule has 2 nitrogen and oxygen atoms in total. The number of benzene rings is 2. The first-order valence-corrected chi connectivity index (χ1v) is 8.20. The third-order valence-electron chi connectivity index (χ3n) is 5.12. The number of rotatable bonds is 2. The molecule has 2 aromatic carbocycles. The van der Waals surface area contributed by atoms with Crippen molar-refractivity contribution in [2.24, 2.45) is 0 Å². The maximum Gasteiger partial charge on any atom is 0.227 e. The molecule has 0 radical (unpaired) electrons. The van der Waals surface area contributed by atoms with Crippen LogP contribution < -0.4 is 4.90 Å². The van der Waals surface area contributed by atoms with Crippen molar-refractivity contribution in [1.82, 2.24) is 0 Å². The van der Waals surface area contributed by atoms with E-state index in [1.165, 1.54) is 22.3 Å². The monoisotopic (exact) mass is 291 g/mol. The van der Waals surface area contributed by atoms with Crippen molar-refractivity contribution in [2.75, 3.05) is 11.4 Å². The number of hydrogen-bond donors (Lipinski definition) is 0. The Balaban J connectivity index is 1.54. The van der Waals surface area contributed by atoms with Crippen LogP contribution in [0.15, 0.2) is 42.5 Å². The van der Waals surface area contributed by atoms with E-state index >= 15 is 0 Å². The van der Waals surface area contributed by atoms with E-state index < -0.39 is 0 Å². The maximum atomic E-state index is 12.8. The minimum Gasteiger partial charge on any atom is -0.312 e. The van der Waals surface area contributed by atoms with Gasteiger partial charge in [0, 0.05) is 18.7 Å². The average molecular weight is 291 g/mol. The van der Waals surface area contributed by atoms with Gasteiger partial charge in [0.1, 0.15) is 0 Å². The molecule has 0 spiro atoms. The SMILES string of the molecule is Cc1ccc2c(c1)N(C(=O)CC1CCc3ccccc31)CC2. The Labute approximate surface area is 131 Å². The van der Waals surface area contributed by atoms with Gasteiger partial charge in [0.2, 0.25) is 5.91 Å². The number of nitrogens with zero attached hydrogens (tertiary/aromatic N) is 1. The Morgan fingerprint density at radius 2 is 2.00 bits per heavy atom. The van der Waals surface area contributed by atoms with E-state index in [2.05, 4.69) is 49.4 Å². The Morgan fingerprint density at radius 3 is 2.91 bits per heavy atom. The van der Waals surface area contributed by atoms with Crippen LogP contribution in [0.4, 0.5) is 5.69 Å². The first kappa shape index (κ1) is 13.6. The first-order valence-electron chi connectivity index (χ1n) is 8.20. The lowest BCUT2D eigenvalue weighted by Crippen LogP contribution is -2.29. The summed E-state index contributed by atoms with van der Waals surface area (Å²) in [6.45, 7) is 2.93. The molecule has 1 amide bonds. The summed E-state index contributed by atoms with van der Waals surface area (Å²) in [5.74, 6) is 0.684. The molecule has 2 heteroatoms. The Hall–Kier alpha value is -2.09. The molecule has 112 valence electrons. The molecular weight excluding hydrogens is 270 g/mol. The van der Waals surface area contributed by atoms with Crippen molar-refractivity contribution in [1.29, 1.82) is 0 Å². The molecule has 1 aliphatic heterocycles. The van der Waals surface area contributed by atoms with Gasteiger partial charge >= 0.3 is 0 Å². The van der Waals surface area contributed by atoms with Gasteiger partial charge in [-0.05, 0) is 60.4 Å². The Bertz CT molecular complexity index is 734. The van der Waals surface area contributed by atoms with Crippen LogP contribution in [0.1, 0.15) is 41.0 Å². The zero-order valence-electron chi connectivity index (χ0n) is 13.0. The number of fused-ring (bicyclic) bond motifs is 2. The zero-order valence-corrected chi connectivity index (χ0v) is 13.0. The summed E-state index contributed by atoms with van der Waals surface area (Å²) < 4.78 is 0. The molecular formula is C20H21NO. The molecule has 0 saturated carbocycles. The van der Waals surface area contributed by atoms with E-state index in [4.69, 9.17) is 0 Å². The van der Waals surface area contributed by atoms with E-state index in [1.54, 1.807) is 0 Å². The molecule has 1 heterocycles. The van der Waals surface area contributed by atoms with Gasteiger partial charge in [-0.25, -0.2) is 0 Å². The van der Waals surface area contributed by atoms with Gasteiger partial charge < -0.3 is 4.90 Å². The highest BCUT2D eigenvalue weighted by atomic mass is 16.2. The molecule has 2 aliphatic rings. The summed E-state index contributed by atoms with van der Waals surface area (Å²) >= 11 is 0. The van der Waals surface area contributed by atoms with Gasteiger partial charge in [0.25, 0.3) is 0 Å². The van der Waals surface area contributed by atoms with Gasteiger partial charge in [0.05, 0.1) is 0 Å². The van der Waals surface area contributed by atoms with Crippen molar-refractivity contribution in [3.05, 3.63) is 64.7 Å². The number of carbonyl (C=O) groups is 1. The molecule has 2 aromatic rings. The second-order valence-corrected chi connectivity index (χ2v) is 6.57. The number of amides is 1. The van der Waals surface area contributed by atoms with Crippen LogP contribution >= 0.6 is 0 Å². The summed E-state index contributed by atoms with van der Waals surface area (Å²) in [7, 11) is 0. The third-order valence-corrected chi connectivity index (χ3v) is 5.12. The highest BCUT2D eigenvalue weighted by Crippen LogP contribution is 2.37. The van der Waals surface area contributed by atoms with Crippen molar-refractivity contribution >= 4 is 11.6 Å². The lowest BCUT2D eigenvalue weighted by atomic mass is 9.97. The van der Waals surface area contributed by atoms with E-state index in [9.17, 15) is 4.79 Å². The topological polar surface area (TPSA) is 20.3 Å². The summed E-state index contributed by atoms with van der Waals surface area (Å²) in [4.78, 5) is 14.8. The Kier molecular flexibility index (Phi) is 3.25. The molecule has 1 unspecified atom stereocenters. The maximum absolute atomic E-state index is 12.8. The fraction of sp³-hybridized carbons (Fsp3) is 0.350. The van der Waals surface area contributed by atoms with Crippen LogP contribution in [-0.4, -0.2) is 12.5 Å². The number of hydrogen-bond acceptors (Lipinski definition) is 1. The van der Waals surface area contributed by atoms with Gasteiger partial charge in [-0.1, -0.05) is 36.4 Å². The standard InChI is InChI=1S/C20H21NO/c1-14-6-7-16-10-11-21(19(16)12-14)20(22)13-17-9-8-15-4-2-3-5-18(15)17/h2-7,12,17H,8-11,13H2,1H3. The minimum absolute atomic E-state index is 0.283. The smallest absolute Gasteiger partial charge is 0.227 e. The fourth-order valence-electron chi connectivity index (χ4n) is 3.93. The largest absolute Gasteiger partial charge is 0.312 e. The van der Waals surface area contributed by atoms with E-state index in [-0.39, 0.29) is 5.91 Å². The van der Waals surface area contributed by atoms with E-state index in [0.717, 1.165) is 31.5 Å². The molecule has 0 bridgehead atoms. The first-order chi connectivity index (χ1) is 10.7. The highest BCUT2D eigenvalue weighted by Gasteiger charge is 2.29. The van der Waals surface area contributed by atoms with Crippen molar-refractivity contribution in [3.63, 3.8) is 0 Å². The van der Waals surface area contributed by atoms with Gasteiger partial charge in [0.15, 0.2) is 0 Å². The van der Waals surface area contributed by atoms with Crippen LogP contribution in [0.5, 0.6) is 0 Å². The summed E-state index contributed by atoms with van der Waals surface area (Å²) in [6, 6.07) is 15.1. The molecule has 0 saturated heterocycles. The molecule has 1 atom stereocenters. The van der Waals surface area contributed by atoms with Crippen LogP contribution in [-0.2, 0) is 17.6 Å². The predicted octanol–water partition coefficient (Wildman–Crippen LogP) is 4.00. The third kappa shape index (κ3) is 2.23. The average Bonchev–Trinajstić information content (AvgIpc) is 3.11. The van der Waals surface area contributed by atoms with E-state index in [0.29, 0.717) is 12.3 Å². The number of anilines is 1. The quantitative estimate of drug-likeness (QED) is 0.819. The number of aryl methyl sites for hydroxylation is 2. The Morgan fingerprint density at radius 1 is 1.14 bits per heavy atom. The predicted molar refractivity (Wildman–Crippen MR) is 89.4 cm³/mol. The second kappa shape index (κ2) is 5.28.